The predicted molar refractivity (Wildman–Crippen MR) is 288 cm³/mol. The maximum atomic E-state index is 4.98. The smallest absolute Gasteiger partial charge is 0.124 e. The lowest BCUT2D eigenvalue weighted by Gasteiger charge is -2.31. The van der Waals surface area contributed by atoms with Crippen molar-refractivity contribution in [1.29, 1.82) is 0 Å². The van der Waals surface area contributed by atoms with Crippen LogP contribution in [-0.4, -0.2) is 9.97 Å². The molecular formula is C62H46N4S2. The molecule has 10 aromatic rings. The minimum absolute atomic E-state index is 0.261. The normalized spacial score (nSPS) is 15.6. The largest absolute Gasteiger partial charge is 0.311 e. The number of thiazole rings is 2. The summed E-state index contributed by atoms with van der Waals surface area (Å²) in [6.45, 7) is 0. The van der Waals surface area contributed by atoms with Crippen molar-refractivity contribution >= 4 is 65.9 Å². The minimum Gasteiger partial charge on any atom is -0.311 e. The van der Waals surface area contributed by atoms with Gasteiger partial charge in [-0.05, 0) is 144 Å². The minimum atomic E-state index is 0.261. The Hall–Kier alpha value is -7.90. The number of rotatable bonds is 11. The van der Waals surface area contributed by atoms with E-state index in [1.54, 1.807) is 22.7 Å². The van der Waals surface area contributed by atoms with Crippen molar-refractivity contribution in [3.05, 3.63) is 265 Å². The molecule has 2 aliphatic carbocycles. The maximum Gasteiger partial charge on any atom is 0.124 e. The monoisotopic (exact) mass is 910 g/mol. The standard InChI is InChI=1S/C62H46N4S2/c1-3-12-43(13-4-1)49-14-11-15-50(42-49)46-26-36-54(37-27-46)66(56-40-30-48(31-41-56)62-64-58-19-8-10-21-60(58)68-62)53-34-24-45(25-35-53)44-22-32-52(33-23-44)65(51-16-5-2-6-17-51)55-38-28-47(29-39-55)61-63-57-18-7-9-20-59(57)67-61/h1-22,24-28,30-42,44,47H,23,29H2. The van der Waals surface area contributed by atoms with Gasteiger partial charge >= 0.3 is 0 Å². The lowest BCUT2D eigenvalue weighted by atomic mass is 9.90. The van der Waals surface area contributed by atoms with E-state index in [1.807, 2.05) is 0 Å². The van der Waals surface area contributed by atoms with Crippen LogP contribution in [0.4, 0.5) is 22.7 Å². The Kier molecular flexibility index (Phi) is 11.2. The van der Waals surface area contributed by atoms with E-state index in [9.17, 15) is 0 Å². The van der Waals surface area contributed by atoms with Gasteiger partial charge in [-0.2, -0.15) is 0 Å². The highest BCUT2D eigenvalue weighted by Crippen LogP contribution is 2.41. The van der Waals surface area contributed by atoms with Gasteiger partial charge in [0.2, 0.25) is 0 Å². The molecule has 0 aliphatic heterocycles. The first-order valence-electron chi connectivity index (χ1n) is 23.3. The molecule has 0 saturated carbocycles. The molecule has 2 heterocycles. The van der Waals surface area contributed by atoms with Crippen molar-refractivity contribution in [3.8, 4) is 32.8 Å². The molecular weight excluding hydrogens is 865 g/mol. The first kappa shape index (κ1) is 41.5. The molecule has 2 atom stereocenters. The lowest BCUT2D eigenvalue weighted by Crippen LogP contribution is -2.22. The summed E-state index contributed by atoms with van der Waals surface area (Å²) in [5, 5.41) is 2.21. The first-order valence-corrected chi connectivity index (χ1v) is 24.9. The number of allylic oxidation sites excluding steroid dienone is 6. The Morgan fingerprint density at radius 2 is 0.868 bits per heavy atom. The summed E-state index contributed by atoms with van der Waals surface area (Å²) in [5.74, 6) is 0.538. The third kappa shape index (κ3) is 8.41. The predicted octanol–water partition coefficient (Wildman–Crippen LogP) is 17.4. The summed E-state index contributed by atoms with van der Waals surface area (Å²) in [6.07, 6.45) is 15.9. The van der Waals surface area contributed by atoms with Crippen molar-refractivity contribution < 1.29 is 0 Å². The zero-order valence-electron chi connectivity index (χ0n) is 37.3. The molecule has 12 rings (SSSR count). The van der Waals surface area contributed by atoms with Gasteiger partial charge in [-0.1, -0.05) is 140 Å². The van der Waals surface area contributed by atoms with Gasteiger partial charge in [0.05, 0.1) is 20.4 Å². The van der Waals surface area contributed by atoms with Crippen LogP contribution in [0.1, 0.15) is 35.2 Å². The molecule has 326 valence electrons. The van der Waals surface area contributed by atoms with Crippen molar-refractivity contribution in [2.45, 2.75) is 24.7 Å². The van der Waals surface area contributed by atoms with E-state index < -0.39 is 0 Å². The van der Waals surface area contributed by atoms with E-state index in [4.69, 9.17) is 9.97 Å². The van der Waals surface area contributed by atoms with E-state index in [0.717, 1.165) is 57.2 Å². The van der Waals surface area contributed by atoms with Gasteiger partial charge in [0.1, 0.15) is 10.0 Å². The molecule has 4 nitrogen and oxygen atoms in total. The summed E-state index contributed by atoms with van der Waals surface area (Å²) in [6, 6.07) is 73.9. The van der Waals surface area contributed by atoms with E-state index >= 15 is 0 Å². The fourth-order valence-electron chi connectivity index (χ4n) is 9.43. The molecule has 0 N–H and O–H groups in total. The zero-order valence-corrected chi connectivity index (χ0v) is 38.9. The highest BCUT2D eigenvalue weighted by atomic mass is 32.1. The van der Waals surface area contributed by atoms with Crippen molar-refractivity contribution in [2.24, 2.45) is 0 Å². The average molecular weight is 911 g/mol. The Bertz CT molecular complexity index is 3440. The Labute approximate surface area is 405 Å². The van der Waals surface area contributed by atoms with Gasteiger partial charge in [-0.15, -0.1) is 22.7 Å². The fourth-order valence-corrected chi connectivity index (χ4v) is 11.5. The summed E-state index contributed by atoms with van der Waals surface area (Å²) < 4.78 is 2.44. The number of hydrogen-bond acceptors (Lipinski definition) is 6. The number of para-hydroxylation sites is 3. The molecule has 0 spiro atoms. The van der Waals surface area contributed by atoms with Crippen LogP contribution in [0.3, 0.4) is 0 Å². The quantitative estimate of drug-likeness (QED) is 0.129. The molecule has 0 fully saturated rings. The zero-order chi connectivity index (χ0) is 45.2. The molecule has 0 saturated heterocycles. The van der Waals surface area contributed by atoms with E-state index in [-0.39, 0.29) is 11.8 Å². The summed E-state index contributed by atoms with van der Waals surface area (Å²) in [5.41, 5.74) is 16.2. The number of benzene rings is 8. The number of fused-ring (bicyclic) bond motifs is 2. The van der Waals surface area contributed by atoms with Crippen LogP contribution in [0, 0.1) is 0 Å². The average Bonchev–Trinajstić information content (AvgIpc) is 4.06. The maximum absolute atomic E-state index is 4.98. The number of hydrogen-bond donors (Lipinski definition) is 0. The van der Waals surface area contributed by atoms with Gasteiger partial charge in [0, 0.05) is 51.5 Å². The van der Waals surface area contributed by atoms with Crippen LogP contribution in [0.5, 0.6) is 0 Å². The lowest BCUT2D eigenvalue weighted by molar-refractivity contribution is 0.820. The second kappa shape index (κ2) is 18.4. The van der Waals surface area contributed by atoms with Crippen molar-refractivity contribution in [2.75, 3.05) is 9.80 Å². The summed E-state index contributed by atoms with van der Waals surface area (Å²) in [7, 11) is 0. The third-order valence-corrected chi connectivity index (χ3v) is 15.2. The molecule has 0 bridgehead atoms. The highest BCUT2D eigenvalue weighted by Gasteiger charge is 2.23. The topological polar surface area (TPSA) is 32.3 Å². The summed E-state index contributed by atoms with van der Waals surface area (Å²) in [4.78, 5) is 14.7. The molecule has 2 aliphatic rings. The number of nitrogens with zero attached hydrogens (tertiary/aromatic N) is 4. The van der Waals surface area contributed by atoms with Crippen LogP contribution < -0.4 is 9.80 Å². The van der Waals surface area contributed by atoms with E-state index in [2.05, 4.69) is 253 Å². The van der Waals surface area contributed by atoms with Gasteiger partial charge in [0.25, 0.3) is 0 Å². The van der Waals surface area contributed by atoms with Crippen LogP contribution in [0.15, 0.2) is 254 Å². The van der Waals surface area contributed by atoms with Gasteiger partial charge in [0.15, 0.2) is 0 Å². The van der Waals surface area contributed by atoms with Gasteiger partial charge < -0.3 is 9.80 Å². The highest BCUT2D eigenvalue weighted by molar-refractivity contribution is 7.21. The van der Waals surface area contributed by atoms with Crippen LogP contribution in [-0.2, 0) is 0 Å². The molecule has 2 aromatic heterocycles. The molecule has 8 aromatic carbocycles. The van der Waals surface area contributed by atoms with E-state index in [0.29, 0.717) is 0 Å². The van der Waals surface area contributed by atoms with Gasteiger partial charge in [-0.3, -0.25) is 0 Å². The van der Waals surface area contributed by atoms with E-state index in [1.165, 1.54) is 53.6 Å². The Morgan fingerprint density at radius 3 is 1.46 bits per heavy atom. The first-order chi connectivity index (χ1) is 33.7. The second-order valence-electron chi connectivity index (χ2n) is 17.3. The van der Waals surface area contributed by atoms with Crippen molar-refractivity contribution in [1.82, 2.24) is 9.97 Å². The molecule has 2 unspecified atom stereocenters. The Balaban J connectivity index is 0.811. The van der Waals surface area contributed by atoms with Crippen LogP contribution in [0.2, 0.25) is 0 Å². The second-order valence-corrected chi connectivity index (χ2v) is 19.4. The molecule has 68 heavy (non-hydrogen) atoms. The van der Waals surface area contributed by atoms with Gasteiger partial charge in [-0.25, -0.2) is 9.97 Å². The molecule has 0 radical (unpaired) electrons. The third-order valence-electron chi connectivity index (χ3n) is 13.0. The van der Waals surface area contributed by atoms with Crippen molar-refractivity contribution in [3.63, 3.8) is 0 Å². The van der Waals surface area contributed by atoms with Crippen LogP contribution >= 0.6 is 22.7 Å². The SMILES string of the molecule is C1=CC(c2ccc(N(c3ccc(-c4cccc(-c5ccccc5)c4)cc3)c3ccc(-c4nc5ccccc5s4)cc3)cc2)CC=C1N(C1=CCC(c2nc3ccccc3s2)C=C1)c1ccccc1. The Morgan fingerprint density at radius 1 is 0.382 bits per heavy atom. The molecule has 6 heteroatoms. The number of anilines is 4. The number of aromatic nitrogens is 2. The fraction of sp³-hybridized carbons (Fsp3) is 0.0645. The van der Waals surface area contributed by atoms with Crippen LogP contribution in [0.25, 0.3) is 53.3 Å². The summed E-state index contributed by atoms with van der Waals surface area (Å²) >= 11 is 3.54. The molecule has 0 amide bonds.